The fraction of sp³-hybridized carbons (Fsp3) is 0.308. The van der Waals surface area contributed by atoms with Crippen molar-refractivity contribution in [2.45, 2.75) is 25.2 Å². The van der Waals surface area contributed by atoms with E-state index in [0.717, 1.165) is 12.8 Å². The maximum atomic E-state index is 5.13. The van der Waals surface area contributed by atoms with Gasteiger partial charge in [0.1, 0.15) is 4.64 Å². The number of hydrogen-bond acceptors (Lipinski definition) is 3. The third-order valence-corrected chi connectivity index (χ3v) is 3.49. The molecule has 0 saturated heterocycles. The zero-order valence-electron chi connectivity index (χ0n) is 9.39. The number of hydrogen-bond donors (Lipinski definition) is 1. The maximum absolute atomic E-state index is 5.13. The predicted molar refractivity (Wildman–Crippen MR) is 68.4 cm³/mol. The van der Waals surface area contributed by atoms with Crippen LogP contribution in [0.2, 0.25) is 0 Å². The van der Waals surface area contributed by atoms with Crippen molar-refractivity contribution in [2.24, 2.45) is 0 Å². The highest BCUT2D eigenvalue weighted by Crippen LogP contribution is 2.34. The van der Waals surface area contributed by atoms with Gasteiger partial charge in [-0.15, -0.1) is 0 Å². The Labute approximate surface area is 105 Å². The Morgan fingerprint density at radius 1 is 1.41 bits per heavy atom. The minimum Gasteiger partial charge on any atom is -0.268 e. The van der Waals surface area contributed by atoms with Gasteiger partial charge in [-0.25, -0.2) is 0 Å². The second-order valence-electron chi connectivity index (χ2n) is 4.37. The molecule has 0 aromatic carbocycles. The number of fused-ring (bicyclic) bond motifs is 1. The molecular formula is C13H13N3S. The van der Waals surface area contributed by atoms with Crippen LogP contribution < -0.4 is 0 Å². The molecular weight excluding hydrogens is 230 g/mol. The lowest BCUT2D eigenvalue weighted by molar-refractivity contribution is 0.595. The van der Waals surface area contributed by atoms with Gasteiger partial charge in [0.15, 0.2) is 0 Å². The molecule has 1 aliphatic carbocycles. The molecule has 1 aliphatic rings. The number of aromatic nitrogens is 3. The van der Waals surface area contributed by atoms with Crippen molar-refractivity contribution in [1.82, 2.24) is 15.2 Å². The molecule has 0 amide bonds. The Bertz CT molecular complexity index is 591. The third kappa shape index (κ3) is 2.00. The van der Waals surface area contributed by atoms with Crippen molar-refractivity contribution in [1.29, 1.82) is 0 Å². The summed E-state index contributed by atoms with van der Waals surface area (Å²) in [7, 11) is 0. The van der Waals surface area contributed by atoms with Gasteiger partial charge in [-0.1, -0.05) is 18.3 Å². The third-order valence-electron chi connectivity index (χ3n) is 3.28. The van der Waals surface area contributed by atoms with Crippen molar-refractivity contribution in [3.63, 3.8) is 0 Å². The van der Waals surface area contributed by atoms with E-state index in [2.05, 4.69) is 21.2 Å². The summed E-state index contributed by atoms with van der Waals surface area (Å²) in [6, 6.07) is 6.18. The van der Waals surface area contributed by atoms with E-state index in [0.29, 0.717) is 10.6 Å². The largest absolute Gasteiger partial charge is 0.268 e. The van der Waals surface area contributed by atoms with Crippen LogP contribution in [-0.2, 0) is 6.42 Å². The number of nitrogens with one attached hydrogen (secondary N) is 1. The van der Waals surface area contributed by atoms with Crippen molar-refractivity contribution in [3.8, 4) is 0 Å². The van der Waals surface area contributed by atoms with E-state index in [1.165, 1.54) is 23.2 Å². The first-order valence-electron chi connectivity index (χ1n) is 5.83. The minimum atomic E-state index is 0.351. The highest BCUT2D eigenvalue weighted by molar-refractivity contribution is 7.71. The SMILES string of the molecule is S=c1cc(C2CCCc3cccnc32)cn[nH]1. The van der Waals surface area contributed by atoms with E-state index in [-0.39, 0.29) is 0 Å². The van der Waals surface area contributed by atoms with E-state index in [1.54, 1.807) is 0 Å². The Balaban J connectivity index is 2.09. The molecule has 86 valence electrons. The average molecular weight is 243 g/mol. The predicted octanol–water partition coefficient (Wildman–Crippen LogP) is 3.00. The van der Waals surface area contributed by atoms with Gasteiger partial charge in [-0.05, 0) is 42.5 Å². The summed E-state index contributed by atoms with van der Waals surface area (Å²) < 4.78 is 0.686. The molecule has 2 aromatic rings. The molecule has 3 nitrogen and oxygen atoms in total. The van der Waals surface area contributed by atoms with Crippen LogP contribution in [0, 0.1) is 4.64 Å². The van der Waals surface area contributed by atoms with Gasteiger partial charge in [0.05, 0.1) is 11.9 Å². The summed E-state index contributed by atoms with van der Waals surface area (Å²) >= 11 is 5.13. The highest BCUT2D eigenvalue weighted by atomic mass is 32.1. The van der Waals surface area contributed by atoms with Crippen LogP contribution >= 0.6 is 12.2 Å². The number of H-pyrrole nitrogens is 1. The molecule has 1 atom stereocenters. The van der Waals surface area contributed by atoms with Crippen molar-refractivity contribution in [3.05, 3.63) is 52.1 Å². The molecule has 2 heterocycles. The van der Waals surface area contributed by atoms with Gasteiger partial charge in [-0.3, -0.25) is 10.1 Å². The van der Waals surface area contributed by atoms with Crippen molar-refractivity contribution in [2.75, 3.05) is 0 Å². The van der Waals surface area contributed by atoms with E-state index in [1.807, 2.05) is 24.5 Å². The van der Waals surface area contributed by atoms with Crippen LogP contribution in [-0.4, -0.2) is 15.2 Å². The number of nitrogens with zero attached hydrogens (tertiary/aromatic N) is 2. The van der Waals surface area contributed by atoms with E-state index >= 15 is 0 Å². The first-order chi connectivity index (χ1) is 8.34. The molecule has 1 N–H and O–H groups in total. The zero-order valence-corrected chi connectivity index (χ0v) is 10.2. The summed E-state index contributed by atoms with van der Waals surface area (Å²) in [6.07, 6.45) is 7.20. The second kappa shape index (κ2) is 4.37. The highest BCUT2D eigenvalue weighted by Gasteiger charge is 2.22. The summed E-state index contributed by atoms with van der Waals surface area (Å²) in [5, 5.41) is 6.85. The van der Waals surface area contributed by atoms with Crippen LogP contribution in [0.1, 0.15) is 35.6 Å². The quantitative estimate of drug-likeness (QED) is 0.783. The number of aryl methyl sites for hydroxylation is 1. The summed E-state index contributed by atoms with van der Waals surface area (Å²) in [5.41, 5.74) is 3.73. The Morgan fingerprint density at radius 3 is 3.24 bits per heavy atom. The molecule has 3 rings (SSSR count). The van der Waals surface area contributed by atoms with Gasteiger partial charge in [0.2, 0.25) is 0 Å². The Morgan fingerprint density at radius 2 is 2.35 bits per heavy atom. The lowest BCUT2D eigenvalue weighted by Gasteiger charge is -2.24. The average Bonchev–Trinajstić information content (AvgIpc) is 2.38. The van der Waals surface area contributed by atoms with Gasteiger partial charge < -0.3 is 0 Å². The molecule has 4 heteroatoms. The van der Waals surface area contributed by atoms with Crippen LogP contribution in [0.15, 0.2) is 30.6 Å². The molecule has 0 saturated carbocycles. The van der Waals surface area contributed by atoms with E-state index in [4.69, 9.17) is 12.2 Å². The molecule has 0 spiro atoms. The minimum absolute atomic E-state index is 0.351. The zero-order chi connectivity index (χ0) is 11.7. The van der Waals surface area contributed by atoms with E-state index in [9.17, 15) is 0 Å². The van der Waals surface area contributed by atoms with Crippen LogP contribution in [0.25, 0.3) is 0 Å². The second-order valence-corrected chi connectivity index (χ2v) is 4.81. The van der Waals surface area contributed by atoms with Gasteiger partial charge >= 0.3 is 0 Å². The van der Waals surface area contributed by atoms with Crippen LogP contribution in [0.5, 0.6) is 0 Å². The smallest absolute Gasteiger partial charge is 0.119 e. The lowest BCUT2D eigenvalue weighted by atomic mass is 9.83. The summed E-state index contributed by atoms with van der Waals surface area (Å²) in [6.45, 7) is 0. The van der Waals surface area contributed by atoms with Crippen LogP contribution in [0.3, 0.4) is 0 Å². The molecule has 0 aliphatic heterocycles. The summed E-state index contributed by atoms with van der Waals surface area (Å²) in [4.78, 5) is 4.53. The summed E-state index contributed by atoms with van der Waals surface area (Å²) in [5.74, 6) is 0.351. The first kappa shape index (κ1) is 10.6. The number of pyridine rings is 1. The fourth-order valence-corrected chi connectivity index (χ4v) is 2.70. The van der Waals surface area contributed by atoms with Crippen molar-refractivity contribution < 1.29 is 0 Å². The standard InChI is InChI=1S/C13H13N3S/c17-12-7-10(8-15-16-12)11-5-1-3-9-4-2-6-14-13(9)11/h2,4,6-8,11H,1,3,5H2,(H,16,17). The number of rotatable bonds is 1. The van der Waals surface area contributed by atoms with Gasteiger partial charge in [-0.2, -0.15) is 5.10 Å². The van der Waals surface area contributed by atoms with Crippen molar-refractivity contribution >= 4 is 12.2 Å². The number of aromatic amines is 1. The lowest BCUT2D eigenvalue weighted by Crippen LogP contribution is -2.13. The van der Waals surface area contributed by atoms with Gasteiger partial charge in [0.25, 0.3) is 0 Å². The monoisotopic (exact) mass is 243 g/mol. The molecule has 0 radical (unpaired) electrons. The van der Waals surface area contributed by atoms with E-state index < -0.39 is 0 Å². The maximum Gasteiger partial charge on any atom is 0.119 e. The topological polar surface area (TPSA) is 41.6 Å². The fourth-order valence-electron chi connectivity index (χ4n) is 2.52. The molecule has 0 bridgehead atoms. The Hall–Kier alpha value is -1.55. The first-order valence-corrected chi connectivity index (χ1v) is 6.24. The molecule has 0 fully saturated rings. The normalized spacial score (nSPS) is 18.7. The van der Waals surface area contributed by atoms with Gasteiger partial charge in [0, 0.05) is 12.1 Å². The Kier molecular flexibility index (Phi) is 2.73. The van der Waals surface area contributed by atoms with Crippen LogP contribution in [0.4, 0.5) is 0 Å². The molecule has 17 heavy (non-hydrogen) atoms. The molecule has 2 aromatic heterocycles. The molecule has 1 unspecified atom stereocenters.